The fourth-order valence-corrected chi connectivity index (χ4v) is 2.12. The van der Waals surface area contributed by atoms with Crippen molar-refractivity contribution in [1.82, 2.24) is 15.1 Å². The molecule has 1 N–H and O–H groups in total. The monoisotopic (exact) mass is 259 g/mol. The highest BCUT2D eigenvalue weighted by Gasteiger charge is 2.19. The van der Waals surface area contributed by atoms with Crippen molar-refractivity contribution in [3.05, 3.63) is 30.0 Å². The summed E-state index contributed by atoms with van der Waals surface area (Å²) in [5.41, 5.74) is 1.96. The summed E-state index contributed by atoms with van der Waals surface area (Å²) in [6.07, 6.45) is 0.928. The van der Waals surface area contributed by atoms with Gasteiger partial charge in [0.15, 0.2) is 0 Å². The van der Waals surface area contributed by atoms with E-state index in [-0.39, 0.29) is 18.0 Å². The number of nitrogens with zero attached hydrogens (tertiary/aromatic N) is 2. The van der Waals surface area contributed by atoms with Crippen LogP contribution in [0.1, 0.15) is 38.9 Å². The van der Waals surface area contributed by atoms with Gasteiger partial charge in [0.1, 0.15) is 6.04 Å². The summed E-state index contributed by atoms with van der Waals surface area (Å²) in [5.74, 6) is 0.0163. The van der Waals surface area contributed by atoms with Crippen molar-refractivity contribution in [3.63, 3.8) is 0 Å². The number of aryl methyl sites for hydroxylation is 1. The Bertz CT molecular complexity index is 588. The van der Waals surface area contributed by atoms with Crippen molar-refractivity contribution in [2.45, 2.75) is 46.2 Å². The van der Waals surface area contributed by atoms with Gasteiger partial charge in [0, 0.05) is 11.4 Å². The van der Waals surface area contributed by atoms with E-state index in [1.807, 2.05) is 49.7 Å². The molecule has 2 aromatic rings. The maximum absolute atomic E-state index is 12.2. The average molecular weight is 259 g/mol. The standard InChI is InChI=1S/C15H21N3O/c1-5-10(2)16-15(19)12(4)18-14-9-7-6-8-13(14)11(3)17-18/h6-10,12H,5H2,1-4H3,(H,16,19)/t10-,12+/m1/s1. The third-order valence-electron chi connectivity index (χ3n) is 3.55. The van der Waals surface area contributed by atoms with Crippen LogP contribution in [0.2, 0.25) is 0 Å². The van der Waals surface area contributed by atoms with E-state index in [9.17, 15) is 4.79 Å². The van der Waals surface area contributed by atoms with Crippen molar-refractivity contribution >= 4 is 16.8 Å². The molecule has 0 radical (unpaired) electrons. The SMILES string of the molecule is CC[C@@H](C)NC(=O)[C@H](C)n1nc(C)c2ccccc21. The van der Waals surface area contributed by atoms with E-state index in [0.29, 0.717) is 0 Å². The summed E-state index contributed by atoms with van der Waals surface area (Å²) in [6, 6.07) is 7.89. The van der Waals surface area contributed by atoms with Gasteiger partial charge in [0.25, 0.3) is 0 Å². The van der Waals surface area contributed by atoms with Crippen LogP contribution in [0.5, 0.6) is 0 Å². The summed E-state index contributed by atoms with van der Waals surface area (Å²) < 4.78 is 1.81. The number of amides is 1. The van der Waals surface area contributed by atoms with E-state index >= 15 is 0 Å². The van der Waals surface area contributed by atoms with Gasteiger partial charge in [0.05, 0.1) is 11.2 Å². The molecule has 0 fully saturated rings. The number of carbonyl (C=O) groups is 1. The highest BCUT2D eigenvalue weighted by molar-refractivity contribution is 5.86. The van der Waals surface area contributed by atoms with Crippen LogP contribution in [0.3, 0.4) is 0 Å². The second-order valence-corrected chi connectivity index (χ2v) is 5.04. The van der Waals surface area contributed by atoms with E-state index < -0.39 is 0 Å². The largest absolute Gasteiger partial charge is 0.352 e. The van der Waals surface area contributed by atoms with Crippen LogP contribution in [0.25, 0.3) is 10.9 Å². The quantitative estimate of drug-likeness (QED) is 0.917. The van der Waals surface area contributed by atoms with Crippen molar-refractivity contribution in [3.8, 4) is 0 Å². The zero-order valence-electron chi connectivity index (χ0n) is 12.0. The Balaban J connectivity index is 2.31. The Labute approximate surface area is 113 Å². The number of hydrogen-bond donors (Lipinski definition) is 1. The molecule has 4 nitrogen and oxygen atoms in total. The molecule has 0 aliphatic heterocycles. The van der Waals surface area contributed by atoms with Gasteiger partial charge in [-0.3, -0.25) is 9.48 Å². The van der Waals surface area contributed by atoms with E-state index in [1.54, 1.807) is 0 Å². The van der Waals surface area contributed by atoms with Crippen LogP contribution in [-0.2, 0) is 4.79 Å². The molecular weight excluding hydrogens is 238 g/mol. The first-order chi connectivity index (χ1) is 9.04. The van der Waals surface area contributed by atoms with Crippen LogP contribution in [0.4, 0.5) is 0 Å². The Morgan fingerprint density at radius 2 is 2.05 bits per heavy atom. The Morgan fingerprint density at radius 3 is 2.74 bits per heavy atom. The lowest BCUT2D eigenvalue weighted by atomic mass is 10.2. The van der Waals surface area contributed by atoms with E-state index in [0.717, 1.165) is 23.0 Å². The van der Waals surface area contributed by atoms with Crippen molar-refractivity contribution in [1.29, 1.82) is 0 Å². The lowest BCUT2D eigenvalue weighted by Gasteiger charge is -2.17. The van der Waals surface area contributed by atoms with Crippen molar-refractivity contribution in [2.75, 3.05) is 0 Å². The average Bonchev–Trinajstić information content (AvgIpc) is 2.75. The first kappa shape index (κ1) is 13.6. The van der Waals surface area contributed by atoms with E-state index in [1.165, 1.54) is 0 Å². The molecule has 0 unspecified atom stereocenters. The molecule has 0 bridgehead atoms. The molecule has 1 amide bonds. The fourth-order valence-electron chi connectivity index (χ4n) is 2.12. The van der Waals surface area contributed by atoms with Gasteiger partial charge in [-0.1, -0.05) is 25.1 Å². The van der Waals surface area contributed by atoms with Gasteiger partial charge >= 0.3 is 0 Å². The molecule has 1 heterocycles. The Kier molecular flexibility index (Phi) is 3.88. The predicted octanol–water partition coefficient (Wildman–Crippen LogP) is 2.82. The number of fused-ring (bicyclic) bond motifs is 1. The number of nitrogens with one attached hydrogen (secondary N) is 1. The van der Waals surface area contributed by atoms with Crippen molar-refractivity contribution in [2.24, 2.45) is 0 Å². The third-order valence-corrected chi connectivity index (χ3v) is 3.55. The molecule has 19 heavy (non-hydrogen) atoms. The van der Waals surface area contributed by atoms with Gasteiger partial charge in [0.2, 0.25) is 5.91 Å². The highest BCUT2D eigenvalue weighted by atomic mass is 16.2. The molecule has 1 aromatic heterocycles. The first-order valence-corrected chi connectivity index (χ1v) is 6.78. The van der Waals surface area contributed by atoms with Gasteiger partial charge in [-0.25, -0.2) is 0 Å². The smallest absolute Gasteiger partial charge is 0.244 e. The van der Waals surface area contributed by atoms with Crippen LogP contribution < -0.4 is 5.32 Å². The summed E-state index contributed by atoms with van der Waals surface area (Å²) in [4.78, 5) is 12.2. The topological polar surface area (TPSA) is 46.9 Å². The van der Waals surface area contributed by atoms with Gasteiger partial charge in [-0.2, -0.15) is 5.10 Å². The second kappa shape index (κ2) is 5.43. The van der Waals surface area contributed by atoms with Crippen molar-refractivity contribution < 1.29 is 4.79 Å². The van der Waals surface area contributed by atoms with Crippen LogP contribution in [0, 0.1) is 6.92 Å². The number of para-hydroxylation sites is 1. The molecule has 102 valence electrons. The Morgan fingerprint density at radius 1 is 1.37 bits per heavy atom. The predicted molar refractivity (Wildman–Crippen MR) is 77.1 cm³/mol. The summed E-state index contributed by atoms with van der Waals surface area (Å²) >= 11 is 0. The molecule has 1 aromatic carbocycles. The molecule has 0 aliphatic carbocycles. The molecule has 2 rings (SSSR count). The van der Waals surface area contributed by atoms with E-state index in [4.69, 9.17) is 0 Å². The third kappa shape index (κ3) is 2.62. The molecule has 0 saturated heterocycles. The number of benzene rings is 1. The molecule has 0 saturated carbocycles. The first-order valence-electron chi connectivity index (χ1n) is 6.78. The van der Waals surface area contributed by atoms with Gasteiger partial charge < -0.3 is 5.32 Å². The van der Waals surface area contributed by atoms with Crippen LogP contribution >= 0.6 is 0 Å². The second-order valence-electron chi connectivity index (χ2n) is 5.04. The normalized spacial score (nSPS) is 14.3. The highest BCUT2D eigenvalue weighted by Crippen LogP contribution is 2.21. The minimum absolute atomic E-state index is 0.0163. The maximum atomic E-state index is 12.2. The zero-order chi connectivity index (χ0) is 14.0. The van der Waals surface area contributed by atoms with Gasteiger partial charge in [-0.05, 0) is 33.3 Å². The summed E-state index contributed by atoms with van der Waals surface area (Å²) in [6.45, 7) is 7.93. The summed E-state index contributed by atoms with van der Waals surface area (Å²) in [7, 11) is 0. The lowest BCUT2D eigenvalue weighted by Crippen LogP contribution is -2.37. The van der Waals surface area contributed by atoms with Crippen LogP contribution in [-0.4, -0.2) is 21.7 Å². The summed E-state index contributed by atoms with van der Waals surface area (Å²) in [5, 5.41) is 8.60. The molecular formula is C15H21N3O. The van der Waals surface area contributed by atoms with Gasteiger partial charge in [-0.15, -0.1) is 0 Å². The minimum atomic E-state index is -0.299. The number of rotatable bonds is 4. The Hall–Kier alpha value is -1.84. The molecule has 2 atom stereocenters. The molecule has 0 spiro atoms. The lowest BCUT2D eigenvalue weighted by molar-refractivity contribution is -0.124. The van der Waals surface area contributed by atoms with E-state index in [2.05, 4.69) is 17.3 Å². The molecule has 0 aliphatic rings. The molecule has 4 heteroatoms. The minimum Gasteiger partial charge on any atom is -0.352 e. The number of carbonyl (C=O) groups excluding carboxylic acids is 1. The number of hydrogen-bond acceptors (Lipinski definition) is 2. The van der Waals surface area contributed by atoms with Crippen LogP contribution in [0.15, 0.2) is 24.3 Å². The number of aromatic nitrogens is 2. The maximum Gasteiger partial charge on any atom is 0.244 e. The zero-order valence-corrected chi connectivity index (χ0v) is 12.0. The fraction of sp³-hybridized carbons (Fsp3) is 0.467.